The third kappa shape index (κ3) is 3.71. The van der Waals surface area contributed by atoms with Crippen LogP contribution in [0.2, 0.25) is 5.02 Å². The van der Waals surface area contributed by atoms with E-state index in [9.17, 15) is 9.18 Å². The number of amides is 1. The van der Waals surface area contributed by atoms with Gasteiger partial charge in [-0.1, -0.05) is 11.6 Å². The van der Waals surface area contributed by atoms with E-state index in [4.69, 9.17) is 16.3 Å². The fourth-order valence-electron chi connectivity index (χ4n) is 5.66. The second kappa shape index (κ2) is 7.69. The van der Waals surface area contributed by atoms with E-state index in [2.05, 4.69) is 15.3 Å². The molecule has 3 saturated carbocycles. The van der Waals surface area contributed by atoms with Gasteiger partial charge in [-0.2, -0.15) is 0 Å². The van der Waals surface area contributed by atoms with Crippen molar-refractivity contribution >= 4 is 34.2 Å². The number of pyridine rings is 2. The molecular formula is C25H23ClFN3O2. The molecule has 32 heavy (non-hydrogen) atoms. The van der Waals surface area contributed by atoms with Gasteiger partial charge in [-0.25, -0.2) is 9.37 Å². The Hall–Kier alpha value is -2.73. The van der Waals surface area contributed by atoms with E-state index in [0.29, 0.717) is 45.6 Å². The smallest absolute Gasteiger partial charge is 0.229 e. The molecule has 1 aromatic carbocycles. The molecule has 1 amide bonds. The minimum absolute atomic E-state index is 0.0410. The maximum absolute atomic E-state index is 13.7. The highest BCUT2D eigenvalue weighted by Gasteiger charge is 2.63. The van der Waals surface area contributed by atoms with Crippen molar-refractivity contribution in [1.29, 1.82) is 0 Å². The molecule has 164 valence electrons. The Bertz CT molecular complexity index is 1170. The first-order chi connectivity index (χ1) is 15.6. The number of aromatic nitrogens is 2. The van der Waals surface area contributed by atoms with Gasteiger partial charge in [-0.3, -0.25) is 9.78 Å². The van der Waals surface area contributed by atoms with Gasteiger partial charge in [0.05, 0.1) is 16.6 Å². The van der Waals surface area contributed by atoms with Gasteiger partial charge in [-0.15, -0.1) is 0 Å². The number of ether oxygens (including phenoxy) is 1. The second-order valence-corrected chi connectivity index (χ2v) is 9.74. The number of rotatable bonds is 6. The fourth-order valence-corrected chi connectivity index (χ4v) is 5.78. The number of nitrogens with one attached hydrogen (secondary N) is 1. The number of hydrogen-bond donors (Lipinski definition) is 1. The van der Waals surface area contributed by atoms with Crippen molar-refractivity contribution in [1.82, 2.24) is 9.97 Å². The van der Waals surface area contributed by atoms with Gasteiger partial charge in [0, 0.05) is 23.7 Å². The maximum atomic E-state index is 13.7. The lowest BCUT2D eigenvalue weighted by Gasteiger charge is -2.22. The quantitative estimate of drug-likeness (QED) is 0.538. The first-order valence-electron chi connectivity index (χ1n) is 11.2. The summed E-state index contributed by atoms with van der Waals surface area (Å²) in [6.07, 6.45) is 7.45. The molecule has 0 saturated heterocycles. The van der Waals surface area contributed by atoms with Gasteiger partial charge in [0.15, 0.2) is 0 Å². The third-order valence-electron chi connectivity index (χ3n) is 7.25. The number of nitrogens with zero attached hydrogens (tertiary/aromatic N) is 2. The molecule has 1 N–H and O–H groups in total. The Kier molecular flexibility index (Phi) is 4.79. The molecule has 5 nitrogen and oxygen atoms in total. The molecule has 3 aliphatic rings. The molecule has 2 aromatic heterocycles. The van der Waals surface area contributed by atoms with Crippen molar-refractivity contribution in [2.45, 2.75) is 31.8 Å². The lowest BCUT2D eigenvalue weighted by molar-refractivity contribution is -0.121. The van der Waals surface area contributed by atoms with Crippen LogP contribution in [0.1, 0.15) is 25.7 Å². The Morgan fingerprint density at radius 3 is 2.66 bits per heavy atom. The Balaban J connectivity index is 1.12. The summed E-state index contributed by atoms with van der Waals surface area (Å²) in [6.45, 7) is 0. The number of carbonyl (C=O) groups is 1. The predicted molar refractivity (Wildman–Crippen MR) is 120 cm³/mol. The van der Waals surface area contributed by atoms with Gasteiger partial charge in [0.1, 0.15) is 17.4 Å². The van der Waals surface area contributed by atoms with Gasteiger partial charge < -0.3 is 10.1 Å². The van der Waals surface area contributed by atoms with Gasteiger partial charge in [0.25, 0.3) is 0 Å². The molecule has 7 heteroatoms. The number of halogens is 2. The Morgan fingerprint density at radius 1 is 1.12 bits per heavy atom. The van der Waals surface area contributed by atoms with Crippen molar-refractivity contribution in [3.63, 3.8) is 0 Å². The maximum Gasteiger partial charge on any atom is 0.229 e. The van der Waals surface area contributed by atoms with Crippen LogP contribution in [0.5, 0.6) is 5.75 Å². The standard InChI is InChI=1S/C25H23ClFN3O2/c26-14-3-6-22(29-12-14)30-25(31)23(13-1-2-13)24-17-10-16(11-18(17)24)32-21-7-8-28-20-5-4-15(27)9-19(20)21/h3-9,12-13,16-18,23-24H,1-2,10-11H2,(H,29,30,31)/t16-,17-,18+,23?,24-. The molecule has 1 unspecified atom stereocenters. The van der Waals surface area contributed by atoms with E-state index in [1.807, 2.05) is 6.07 Å². The van der Waals surface area contributed by atoms with Crippen LogP contribution in [0.3, 0.4) is 0 Å². The summed E-state index contributed by atoms with van der Waals surface area (Å²) in [5.74, 6) is 2.98. The minimum Gasteiger partial charge on any atom is -0.490 e. The summed E-state index contributed by atoms with van der Waals surface area (Å²) in [6, 6.07) is 9.85. The monoisotopic (exact) mass is 451 g/mol. The van der Waals surface area contributed by atoms with Crippen LogP contribution in [0, 0.1) is 35.4 Å². The normalized spacial score (nSPS) is 27.1. The van der Waals surface area contributed by atoms with Crippen molar-refractivity contribution in [3.05, 3.63) is 59.6 Å². The summed E-state index contributed by atoms with van der Waals surface area (Å²) in [7, 11) is 0. The topological polar surface area (TPSA) is 64.1 Å². The van der Waals surface area contributed by atoms with Crippen LogP contribution in [0.25, 0.3) is 10.9 Å². The van der Waals surface area contributed by atoms with E-state index < -0.39 is 0 Å². The van der Waals surface area contributed by atoms with Crippen molar-refractivity contribution in [3.8, 4) is 5.75 Å². The number of fused-ring (bicyclic) bond motifs is 2. The second-order valence-electron chi connectivity index (χ2n) is 9.30. The van der Waals surface area contributed by atoms with Crippen LogP contribution in [-0.2, 0) is 4.79 Å². The highest BCUT2D eigenvalue weighted by Crippen LogP contribution is 2.64. The fraction of sp³-hybridized carbons (Fsp3) is 0.400. The highest BCUT2D eigenvalue weighted by atomic mass is 35.5. The molecule has 5 atom stereocenters. The molecule has 0 spiro atoms. The number of anilines is 1. The number of carbonyl (C=O) groups excluding carboxylic acids is 1. The zero-order chi connectivity index (χ0) is 21.8. The lowest BCUT2D eigenvalue weighted by atomic mass is 9.91. The molecule has 2 heterocycles. The highest BCUT2D eigenvalue weighted by molar-refractivity contribution is 6.30. The minimum atomic E-state index is -0.293. The lowest BCUT2D eigenvalue weighted by Crippen LogP contribution is -2.29. The molecule has 6 rings (SSSR count). The van der Waals surface area contributed by atoms with Crippen LogP contribution in [0.15, 0.2) is 48.8 Å². The number of benzene rings is 1. The molecule has 3 fully saturated rings. The first-order valence-corrected chi connectivity index (χ1v) is 11.6. The number of hydrogen-bond acceptors (Lipinski definition) is 4. The molecular weight excluding hydrogens is 429 g/mol. The van der Waals surface area contributed by atoms with Gasteiger partial charge in [-0.05, 0) is 85.8 Å². The van der Waals surface area contributed by atoms with Crippen LogP contribution in [-0.4, -0.2) is 22.0 Å². The van der Waals surface area contributed by atoms with Crippen LogP contribution in [0.4, 0.5) is 10.2 Å². The summed E-state index contributed by atoms with van der Waals surface area (Å²) < 4.78 is 20.0. The molecule has 0 radical (unpaired) electrons. The molecule has 0 bridgehead atoms. The SMILES string of the molecule is O=C(Nc1ccc(Cl)cn1)C(C1CC1)[C@@H]1[C@@H]2C[C@@H](Oc3ccnc4ccc(F)cc34)C[C@@H]21. The van der Waals surface area contributed by atoms with Crippen molar-refractivity contribution in [2.24, 2.45) is 29.6 Å². The van der Waals surface area contributed by atoms with E-state index in [-0.39, 0.29) is 23.7 Å². The van der Waals surface area contributed by atoms with E-state index in [0.717, 1.165) is 31.2 Å². The third-order valence-corrected chi connectivity index (χ3v) is 7.47. The largest absolute Gasteiger partial charge is 0.490 e. The van der Waals surface area contributed by atoms with Crippen molar-refractivity contribution < 1.29 is 13.9 Å². The van der Waals surface area contributed by atoms with E-state index in [1.165, 1.54) is 12.1 Å². The molecule has 3 aliphatic carbocycles. The average molecular weight is 452 g/mol. The Morgan fingerprint density at radius 2 is 1.94 bits per heavy atom. The zero-order valence-electron chi connectivity index (χ0n) is 17.4. The van der Waals surface area contributed by atoms with Crippen molar-refractivity contribution in [2.75, 3.05) is 5.32 Å². The van der Waals surface area contributed by atoms with Crippen LogP contribution < -0.4 is 10.1 Å². The summed E-state index contributed by atoms with van der Waals surface area (Å²) in [5.41, 5.74) is 0.728. The average Bonchev–Trinajstić information content (AvgIpc) is 3.69. The zero-order valence-corrected chi connectivity index (χ0v) is 18.1. The summed E-state index contributed by atoms with van der Waals surface area (Å²) in [5, 5.41) is 4.25. The van der Waals surface area contributed by atoms with E-state index >= 15 is 0 Å². The van der Waals surface area contributed by atoms with Gasteiger partial charge in [0.2, 0.25) is 5.91 Å². The van der Waals surface area contributed by atoms with Gasteiger partial charge >= 0.3 is 0 Å². The van der Waals surface area contributed by atoms with E-state index in [1.54, 1.807) is 30.6 Å². The predicted octanol–water partition coefficient (Wildman–Crippen LogP) is 5.49. The summed E-state index contributed by atoms with van der Waals surface area (Å²) >= 11 is 5.90. The Labute approximate surface area is 190 Å². The first kappa shape index (κ1) is 19.9. The summed E-state index contributed by atoms with van der Waals surface area (Å²) in [4.78, 5) is 21.6. The molecule has 3 aromatic rings. The van der Waals surface area contributed by atoms with Crippen LogP contribution >= 0.6 is 11.6 Å². The molecule has 0 aliphatic heterocycles.